The van der Waals surface area contributed by atoms with Crippen molar-refractivity contribution >= 4 is 40.8 Å². The lowest BCUT2D eigenvalue weighted by Gasteiger charge is -2.31. The predicted molar refractivity (Wildman–Crippen MR) is 110 cm³/mol. The number of amides is 1. The number of hydrogen-bond donors (Lipinski definition) is 1. The van der Waals surface area contributed by atoms with Crippen LogP contribution in [0.25, 0.3) is 22.4 Å². The number of fused-ring (bicyclic) bond motifs is 1. The molecule has 1 amide bonds. The molecule has 144 valence electrons. The van der Waals surface area contributed by atoms with E-state index in [0.29, 0.717) is 28.9 Å². The number of carbonyl (C=O) groups is 1. The first kappa shape index (κ1) is 19.8. The van der Waals surface area contributed by atoms with Crippen molar-refractivity contribution in [2.24, 2.45) is 5.73 Å². The van der Waals surface area contributed by atoms with Crippen LogP contribution in [0.1, 0.15) is 38.6 Å². The van der Waals surface area contributed by atoms with Crippen molar-refractivity contribution in [3.05, 3.63) is 33.1 Å². The van der Waals surface area contributed by atoms with E-state index in [4.69, 9.17) is 10.3 Å². The molecule has 1 fully saturated rings. The smallest absolute Gasteiger partial charge is 0.259 e. The Labute approximate surface area is 168 Å². The molecule has 0 bridgehead atoms. The highest BCUT2D eigenvalue weighted by Crippen LogP contribution is 2.33. The summed E-state index contributed by atoms with van der Waals surface area (Å²) in [6.45, 7) is 7.28. The van der Waals surface area contributed by atoms with Gasteiger partial charge in [-0.2, -0.15) is 0 Å². The van der Waals surface area contributed by atoms with Gasteiger partial charge in [0.1, 0.15) is 0 Å². The summed E-state index contributed by atoms with van der Waals surface area (Å²) in [5.41, 5.74) is 9.55. The van der Waals surface area contributed by atoms with Gasteiger partial charge in [-0.1, -0.05) is 5.16 Å². The Morgan fingerprint density at radius 3 is 2.78 bits per heavy atom. The van der Waals surface area contributed by atoms with Gasteiger partial charge in [-0.05, 0) is 45.7 Å². The number of nitrogens with two attached hydrogens (primary N) is 1. The van der Waals surface area contributed by atoms with E-state index in [2.05, 4.69) is 30.1 Å². The van der Waals surface area contributed by atoms with E-state index in [-0.39, 0.29) is 24.4 Å². The molecular weight excluding hydrogens is 384 g/mol. The zero-order chi connectivity index (χ0) is 18.4. The second-order valence-electron chi connectivity index (χ2n) is 6.98. The minimum absolute atomic E-state index is 0. The summed E-state index contributed by atoms with van der Waals surface area (Å²) in [6.07, 6.45) is 1.89. The average Bonchev–Trinajstić information content (AvgIpc) is 3.15. The van der Waals surface area contributed by atoms with Gasteiger partial charge in [0.15, 0.2) is 0 Å². The fraction of sp³-hybridized carbons (Fsp3) is 0.421. The summed E-state index contributed by atoms with van der Waals surface area (Å²) in [6, 6.07) is 4.02. The van der Waals surface area contributed by atoms with Crippen LogP contribution in [0.15, 0.2) is 16.7 Å². The molecule has 0 spiro atoms. The molecule has 0 aliphatic carbocycles. The standard InChI is InChI=1S/C19H22N4O2S.ClH/c1-10-7-14(12(3)26-10)16-8-15(17-11(2)22-25-18(17)21-16)19(24)23-6-4-5-13(20)9-23;/h7-8,13H,4-6,9,20H2,1-3H3;1H. The highest BCUT2D eigenvalue weighted by atomic mass is 35.5. The van der Waals surface area contributed by atoms with Crippen molar-refractivity contribution in [2.75, 3.05) is 13.1 Å². The quantitative estimate of drug-likeness (QED) is 0.698. The Kier molecular flexibility index (Phi) is 5.55. The Hall–Kier alpha value is -1.96. The number of pyridine rings is 1. The first-order valence-corrected chi connectivity index (χ1v) is 9.65. The number of thiophene rings is 1. The molecule has 0 saturated carbocycles. The maximum atomic E-state index is 13.3. The van der Waals surface area contributed by atoms with Crippen molar-refractivity contribution in [2.45, 2.75) is 39.7 Å². The highest BCUT2D eigenvalue weighted by molar-refractivity contribution is 7.12. The fourth-order valence-corrected chi connectivity index (χ4v) is 4.58. The first-order valence-electron chi connectivity index (χ1n) is 8.83. The molecule has 1 unspecified atom stereocenters. The zero-order valence-electron chi connectivity index (χ0n) is 15.6. The monoisotopic (exact) mass is 406 g/mol. The van der Waals surface area contributed by atoms with Gasteiger partial charge in [-0.25, -0.2) is 4.98 Å². The number of aromatic nitrogens is 2. The number of nitrogens with zero attached hydrogens (tertiary/aromatic N) is 3. The van der Waals surface area contributed by atoms with Crippen LogP contribution >= 0.6 is 23.7 Å². The minimum Gasteiger partial charge on any atom is -0.337 e. The fourth-order valence-electron chi connectivity index (χ4n) is 3.65. The second kappa shape index (κ2) is 7.58. The summed E-state index contributed by atoms with van der Waals surface area (Å²) >= 11 is 1.72. The van der Waals surface area contributed by atoms with Gasteiger partial charge in [0, 0.05) is 34.4 Å². The molecule has 6 nitrogen and oxygen atoms in total. The number of carbonyl (C=O) groups excluding carboxylic acids is 1. The SMILES string of the molecule is Cc1cc(-c2cc(C(=O)N3CCCC(N)C3)c3c(C)noc3n2)c(C)s1.Cl. The Balaban J connectivity index is 0.00000210. The molecule has 1 aliphatic rings. The van der Waals surface area contributed by atoms with E-state index in [1.165, 1.54) is 9.75 Å². The van der Waals surface area contributed by atoms with Crippen LogP contribution in [0.3, 0.4) is 0 Å². The molecule has 3 aromatic heterocycles. The maximum absolute atomic E-state index is 13.3. The Morgan fingerprint density at radius 1 is 1.33 bits per heavy atom. The van der Waals surface area contributed by atoms with E-state index in [0.717, 1.165) is 30.6 Å². The van der Waals surface area contributed by atoms with Crippen LogP contribution in [0.2, 0.25) is 0 Å². The number of aryl methyl sites for hydroxylation is 3. The molecule has 27 heavy (non-hydrogen) atoms. The van der Waals surface area contributed by atoms with Gasteiger partial charge in [0.25, 0.3) is 11.6 Å². The van der Waals surface area contributed by atoms with Crippen molar-refractivity contribution in [1.82, 2.24) is 15.0 Å². The van der Waals surface area contributed by atoms with E-state index in [1.54, 1.807) is 11.3 Å². The van der Waals surface area contributed by atoms with Crippen molar-refractivity contribution < 1.29 is 9.32 Å². The molecule has 4 heterocycles. The topological polar surface area (TPSA) is 85.2 Å². The molecule has 3 aromatic rings. The third-order valence-electron chi connectivity index (χ3n) is 4.91. The molecule has 0 radical (unpaired) electrons. The summed E-state index contributed by atoms with van der Waals surface area (Å²) in [7, 11) is 0. The Bertz CT molecular complexity index is 997. The van der Waals surface area contributed by atoms with Gasteiger partial charge in [-0.15, -0.1) is 23.7 Å². The lowest BCUT2D eigenvalue weighted by atomic mass is 10.0. The van der Waals surface area contributed by atoms with Gasteiger partial charge in [0.05, 0.1) is 22.3 Å². The summed E-state index contributed by atoms with van der Waals surface area (Å²) in [5, 5.41) is 4.73. The molecule has 8 heteroatoms. The maximum Gasteiger partial charge on any atom is 0.259 e. The number of likely N-dealkylation sites (tertiary alicyclic amines) is 1. The first-order chi connectivity index (χ1) is 12.4. The molecule has 1 atom stereocenters. The van der Waals surface area contributed by atoms with Crippen LogP contribution in [0, 0.1) is 20.8 Å². The number of rotatable bonds is 2. The van der Waals surface area contributed by atoms with Crippen LogP contribution in [0.5, 0.6) is 0 Å². The molecular formula is C19H23ClN4O2S. The van der Waals surface area contributed by atoms with Crippen molar-refractivity contribution in [3.8, 4) is 11.3 Å². The third-order valence-corrected chi connectivity index (χ3v) is 5.88. The summed E-state index contributed by atoms with van der Waals surface area (Å²) < 4.78 is 5.40. The number of piperidine rings is 1. The molecule has 2 N–H and O–H groups in total. The number of hydrogen-bond acceptors (Lipinski definition) is 6. The molecule has 0 aromatic carbocycles. The Morgan fingerprint density at radius 2 is 2.11 bits per heavy atom. The van der Waals surface area contributed by atoms with Gasteiger partial charge in [-0.3, -0.25) is 4.79 Å². The van der Waals surface area contributed by atoms with Crippen LogP contribution in [0.4, 0.5) is 0 Å². The minimum atomic E-state index is -0.0234. The van der Waals surface area contributed by atoms with E-state index < -0.39 is 0 Å². The molecule has 1 aliphatic heterocycles. The van der Waals surface area contributed by atoms with E-state index in [1.807, 2.05) is 17.9 Å². The van der Waals surface area contributed by atoms with Crippen molar-refractivity contribution in [3.63, 3.8) is 0 Å². The normalized spacial score (nSPS) is 17.2. The predicted octanol–water partition coefficient (Wildman–Crippen LogP) is 3.86. The van der Waals surface area contributed by atoms with Crippen LogP contribution < -0.4 is 5.73 Å². The van der Waals surface area contributed by atoms with E-state index in [9.17, 15) is 4.79 Å². The lowest BCUT2D eigenvalue weighted by molar-refractivity contribution is 0.0710. The van der Waals surface area contributed by atoms with E-state index >= 15 is 0 Å². The average molecular weight is 407 g/mol. The zero-order valence-corrected chi connectivity index (χ0v) is 17.2. The van der Waals surface area contributed by atoms with Gasteiger partial charge < -0.3 is 15.2 Å². The van der Waals surface area contributed by atoms with Crippen molar-refractivity contribution in [1.29, 1.82) is 0 Å². The largest absolute Gasteiger partial charge is 0.337 e. The second-order valence-corrected chi connectivity index (χ2v) is 8.44. The van der Waals surface area contributed by atoms with Crippen LogP contribution in [-0.2, 0) is 0 Å². The van der Waals surface area contributed by atoms with Gasteiger partial charge in [0.2, 0.25) is 0 Å². The summed E-state index contributed by atoms with van der Waals surface area (Å²) in [5.74, 6) is -0.0234. The molecule has 1 saturated heterocycles. The number of halogens is 1. The van der Waals surface area contributed by atoms with Crippen LogP contribution in [-0.4, -0.2) is 40.1 Å². The van der Waals surface area contributed by atoms with Gasteiger partial charge >= 0.3 is 0 Å². The third kappa shape index (κ3) is 3.59. The highest BCUT2D eigenvalue weighted by Gasteiger charge is 2.27. The molecule has 4 rings (SSSR count). The summed E-state index contributed by atoms with van der Waals surface area (Å²) in [4.78, 5) is 22.1. The lowest BCUT2D eigenvalue weighted by Crippen LogP contribution is -2.45.